The molecular formula is C16H23NO. The number of methoxy groups -OCH3 is 1. The molecule has 1 aromatic carbocycles. The molecule has 0 saturated heterocycles. The molecular weight excluding hydrogens is 222 g/mol. The van der Waals surface area contributed by atoms with E-state index in [1.54, 1.807) is 7.11 Å². The van der Waals surface area contributed by atoms with E-state index in [9.17, 15) is 0 Å². The van der Waals surface area contributed by atoms with Crippen molar-refractivity contribution in [3.63, 3.8) is 0 Å². The van der Waals surface area contributed by atoms with E-state index in [1.807, 2.05) is 12.1 Å². The maximum Gasteiger partial charge on any atom is 0.119 e. The van der Waals surface area contributed by atoms with Gasteiger partial charge in [0.2, 0.25) is 0 Å². The third-order valence-electron chi connectivity index (χ3n) is 2.98. The summed E-state index contributed by atoms with van der Waals surface area (Å²) in [5.74, 6) is 3.62. The normalized spacial score (nSPS) is 11.8. The molecule has 2 heteroatoms. The van der Waals surface area contributed by atoms with Gasteiger partial charge in [0.05, 0.1) is 7.11 Å². The van der Waals surface area contributed by atoms with Crippen LogP contribution in [-0.4, -0.2) is 19.7 Å². The second kappa shape index (κ2) is 8.60. The van der Waals surface area contributed by atoms with Gasteiger partial charge in [-0.3, -0.25) is 0 Å². The Morgan fingerprint density at radius 3 is 2.94 bits per heavy atom. The van der Waals surface area contributed by atoms with Crippen LogP contribution in [0.5, 0.6) is 5.75 Å². The molecule has 0 amide bonds. The van der Waals surface area contributed by atoms with E-state index < -0.39 is 0 Å². The fourth-order valence-corrected chi connectivity index (χ4v) is 2.10. The van der Waals surface area contributed by atoms with Crippen LogP contribution >= 0.6 is 0 Å². The first kappa shape index (κ1) is 14.6. The van der Waals surface area contributed by atoms with Gasteiger partial charge in [-0.25, -0.2) is 0 Å². The first-order valence-corrected chi connectivity index (χ1v) is 6.60. The van der Waals surface area contributed by atoms with Gasteiger partial charge in [0, 0.05) is 12.5 Å². The molecule has 0 radical (unpaired) electrons. The summed E-state index contributed by atoms with van der Waals surface area (Å²) in [6.07, 6.45) is 9.38. The molecule has 0 fully saturated rings. The Morgan fingerprint density at radius 2 is 2.28 bits per heavy atom. The number of unbranched alkanes of at least 4 members (excludes halogenated alkanes) is 1. The topological polar surface area (TPSA) is 21.3 Å². The van der Waals surface area contributed by atoms with Gasteiger partial charge < -0.3 is 10.1 Å². The van der Waals surface area contributed by atoms with Crippen LogP contribution in [0.3, 0.4) is 0 Å². The summed E-state index contributed by atoms with van der Waals surface area (Å²) >= 11 is 0. The molecule has 0 aliphatic rings. The lowest BCUT2D eigenvalue weighted by atomic mass is 10.0. The SMILES string of the molecule is C#CCCCC(Cc1cccc(OC)c1)NCC. The first-order valence-electron chi connectivity index (χ1n) is 6.60. The number of terminal acetylenes is 1. The van der Waals surface area contributed by atoms with E-state index in [2.05, 4.69) is 30.3 Å². The largest absolute Gasteiger partial charge is 0.497 e. The lowest BCUT2D eigenvalue weighted by Gasteiger charge is -2.17. The van der Waals surface area contributed by atoms with Gasteiger partial charge in [0.15, 0.2) is 0 Å². The average molecular weight is 245 g/mol. The molecule has 0 spiro atoms. The third kappa shape index (κ3) is 5.25. The van der Waals surface area contributed by atoms with Gasteiger partial charge in [-0.15, -0.1) is 12.3 Å². The van der Waals surface area contributed by atoms with Crippen molar-refractivity contribution in [1.29, 1.82) is 0 Å². The molecule has 0 aliphatic heterocycles. The van der Waals surface area contributed by atoms with E-state index in [-0.39, 0.29) is 0 Å². The van der Waals surface area contributed by atoms with Crippen molar-refractivity contribution in [2.24, 2.45) is 0 Å². The Balaban J connectivity index is 2.55. The van der Waals surface area contributed by atoms with Crippen LogP contribution in [0, 0.1) is 12.3 Å². The summed E-state index contributed by atoms with van der Waals surface area (Å²) in [5, 5.41) is 3.52. The van der Waals surface area contributed by atoms with Crippen LogP contribution in [0.2, 0.25) is 0 Å². The Hall–Kier alpha value is -1.46. The minimum absolute atomic E-state index is 0.496. The zero-order chi connectivity index (χ0) is 13.2. The average Bonchev–Trinajstić information content (AvgIpc) is 2.39. The molecule has 98 valence electrons. The van der Waals surface area contributed by atoms with E-state index in [1.165, 1.54) is 5.56 Å². The van der Waals surface area contributed by atoms with Crippen LogP contribution in [0.4, 0.5) is 0 Å². The highest BCUT2D eigenvalue weighted by atomic mass is 16.5. The summed E-state index contributed by atoms with van der Waals surface area (Å²) in [7, 11) is 1.70. The molecule has 1 N–H and O–H groups in total. The Labute approximate surface area is 111 Å². The molecule has 18 heavy (non-hydrogen) atoms. The van der Waals surface area contributed by atoms with E-state index in [0.717, 1.165) is 38.0 Å². The van der Waals surface area contributed by atoms with Gasteiger partial charge in [-0.05, 0) is 43.5 Å². The van der Waals surface area contributed by atoms with Crippen LogP contribution in [0.15, 0.2) is 24.3 Å². The Bertz CT molecular complexity index is 381. The van der Waals surface area contributed by atoms with Gasteiger partial charge >= 0.3 is 0 Å². The summed E-state index contributed by atoms with van der Waals surface area (Å²) in [5.41, 5.74) is 1.31. The van der Waals surface area contributed by atoms with Gasteiger partial charge in [-0.1, -0.05) is 19.1 Å². The van der Waals surface area contributed by atoms with Crippen LogP contribution in [0.25, 0.3) is 0 Å². The van der Waals surface area contributed by atoms with Crippen molar-refractivity contribution in [2.75, 3.05) is 13.7 Å². The van der Waals surface area contributed by atoms with Crippen LogP contribution in [-0.2, 0) is 6.42 Å². The molecule has 0 bridgehead atoms. The maximum absolute atomic E-state index is 5.29. The van der Waals surface area contributed by atoms with E-state index in [4.69, 9.17) is 11.2 Å². The van der Waals surface area contributed by atoms with Crippen LogP contribution in [0.1, 0.15) is 31.7 Å². The monoisotopic (exact) mass is 245 g/mol. The predicted octanol–water partition coefficient (Wildman–Crippen LogP) is 3.02. The Morgan fingerprint density at radius 1 is 1.44 bits per heavy atom. The maximum atomic E-state index is 5.29. The highest BCUT2D eigenvalue weighted by Gasteiger charge is 2.08. The molecule has 1 rings (SSSR count). The van der Waals surface area contributed by atoms with Crippen molar-refractivity contribution in [3.8, 4) is 18.1 Å². The smallest absolute Gasteiger partial charge is 0.119 e. The zero-order valence-electron chi connectivity index (χ0n) is 11.4. The fraction of sp³-hybridized carbons (Fsp3) is 0.500. The number of nitrogens with one attached hydrogen (secondary N) is 1. The van der Waals surface area contributed by atoms with Gasteiger partial charge in [0.25, 0.3) is 0 Å². The minimum atomic E-state index is 0.496. The van der Waals surface area contributed by atoms with E-state index >= 15 is 0 Å². The Kier molecular flexibility index (Phi) is 6.98. The van der Waals surface area contributed by atoms with Crippen LogP contribution < -0.4 is 10.1 Å². The van der Waals surface area contributed by atoms with E-state index in [0.29, 0.717) is 6.04 Å². The summed E-state index contributed by atoms with van der Waals surface area (Å²) in [6, 6.07) is 8.76. The standard InChI is InChI=1S/C16H23NO/c1-4-6-7-10-15(17-5-2)12-14-9-8-11-16(13-14)18-3/h1,8-9,11,13,15,17H,5-7,10,12H2,2-3H3. The second-order valence-corrected chi connectivity index (χ2v) is 4.41. The molecule has 0 aliphatic carbocycles. The summed E-state index contributed by atoms with van der Waals surface area (Å²) in [6.45, 7) is 3.13. The molecule has 0 aromatic heterocycles. The number of hydrogen-bond acceptors (Lipinski definition) is 2. The molecule has 1 atom stereocenters. The lowest BCUT2D eigenvalue weighted by Crippen LogP contribution is -2.30. The quantitative estimate of drug-likeness (QED) is 0.561. The summed E-state index contributed by atoms with van der Waals surface area (Å²) in [4.78, 5) is 0. The summed E-state index contributed by atoms with van der Waals surface area (Å²) < 4.78 is 5.25. The zero-order valence-corrected chi connectivity index (χ0v) is 11.4. The first-order chi connectivity index (χ1) is 8.80. The molecule has 2 nitrogen and oxygen atoms in total. The molecule has 1 unspecified atom stereocenters. The van der Waals surface area contributed by atoms with Crippen molar-refractivity contribution in [2.45, 2.75) is 38.6 Å². The van der Waals surface area contributed by atoms with Gasteiger partial charge in [0.1, 0.15) is 5.75 Å². The molecule has 1 aromatic rings. The highest BCUT2D eigenvalue weighted by Crippen LogP contribution is 2.15. The molecule has 0 heterocycles. The minimum Gasteiger partial charge on any atom is -0.497 e. The number of hydrogen-bond donors (Lipinski definition) is 1. The van der Waals surface area contributed by atoms with Crippen molar-refractivity contribution >= 4 is 0 Å². The predicted molar refractivity (Wildman–Crippen MR) is 76.8 cm³/mol. The van der Waals surface area contributed by atoms with Crippen molar-refractivity contribution in [1.82, 2.24) is 5.32 Å². The number of ether oxygens (including phenoxy) is 1. The number of likely N-dealkylation sites (N-methyl/N-ethyl adjacent to an activating group) is 1. The van der Waals surface area contributed by atoms with Crippen molar-refractivity contribution < 1.29 is 4.74 Å². The van der Waals surface area contributed by atoms with Gasteiger partial charge in [-0.2, -0.15) is 0 Å². The molecule has 0 saturated carbocycles. The fourth-order valence-electron chi connectivity index (χ4n) is 2.10. The number of benzene rings is 1. The highest BCUT2D eigenvalue weighted by molar-refractivity contribution is 5.28. The number of rotatable bonds is 8. The second-order valence-electron chi connectivity index (χ2n) is 4.41. The van der Waals surface area contributed by atoms with Crippen molar-refractivity contribution in [3.05, 3.63) is 29.8 Å². The lowest BCUT2D eigenvalue weighted by molar-refractivity contribution is 0.413. The third-order valence-corrected chi connectivity index (χ3v) is 2.98.